The molecule has 5 heterocycles. The molecule has 5 aromatic rings. The number of nitrogens with zero attached hydrogens (tertiary/aromatic N) is 5. The van der Waals surface area contributed by atoms with Gasteiger partial charge in [0.25, 0.3) is 0 Å². The molecule has 5 atom stereocenters. The van der Waals surface area contributed by atoms with Crippen LogP contribution < -0.4 is 10.2 Å². The molecule has 13 nitrogen and oxygen atoms in total. The molecule has 3 amide bonds. The number of benzene rings is 3. The Hall–Kier alpha value is -5.85. The third-order valence-corrected chi connectivity index (χ3v) is 13.0. The van der Waals surface area contributed by atoms with E-state index in [0.29, 0.717) is 13.1 Å². The Morgan fingerprint density at radius 1 is 0.762 bits per heavy atom. The van der Waals surface area contributed by atoms with Crippen molar-refractivity contribution in [3.8, 4) is 11.3 Å². The molecule has 3 N–H and O–H groups in total. The summed E-state index contributed by atoms with van der Waals surface area (Å²) in [7, 11) is 1.31. The second-order valence-electron chi connectivity index (χ2n) is 19.9. The number of nitrogens with one attached hydrogen (secondary N) is 3. The molecule has 3 aliphatic heterocycles. The number of imidazole rings is 2. The van der Waals surface area contributed by atoms with Crippen molar-refractivity contribution in [2.45, 2.75) is 135 Å². The van der Waals surface area contributed by atoms with Gasteiger partial charge in [0.1, 0.15) is 23.3 Å². The number of likely N-dealkylation sites (tertiary alicyclic amines) is 2. The van der Waals surface area contributed by atoms with Gasteiger partial charge in [-0.15, -0.1) is 0 Å². The first-order valence-corrected chi connectivity index (χ1v) is 22.7. The maximum atomic E-state index is 13.9. The maximum absolute atomic E-state index is 13.9. The summed E-state index contributed by atoms with van der Waals surface area (Å²) in [5.74, 6) is 1.31. The number of anilines is 1. The predicted octanol–water partition coefficient (Wildman–Crippen LogP) is 10.4. The molecule has 0 saturated carbocycles. The quantitative estimate of drug-likeness (QED) is 0.133. The van der Waals surface area contributed by atoms with Crippen LogP contribution in [-0.2, 0) is 19.7 Å². The van der Waals surface area contributed by atoms with Gasteiger partial charge in [-0.1, -0.05) is 77.1 Å². The zero-order chi connectivity index (χ0) is 44.8. The number of alkyl carbamates (subject to hydrolysis) is 1. The molecule has 13 heteroatoms. The van der Waals surface area contributed by atoms with Crippen LogP contribution in [0.3, 0.4) is 0 Å². The van der Waals surface area contributed by atoms with Crippen molar-refractivity contribution in [1.82, 2.24) is 35.1 Å². The van der Waals surface area contributed by atoms with Crippen molar-refractivity contribution >= 4 is 34.8 Å². The number of hydrogen-bond donors (Lipinski definition) is 3. The normalized spacial score (nSPS) is 21.1. The van der Waals surface area contributed by atoms with E-state index in [-0.39, 0.29) is 47.5 Å². The second kappa shape index (κ2) is 17.4. The molecule has 63 heavy (non-hydrogen) atoms. The minimum Gasteiger partial charge on any atom is -0.453 e. The monoisotopic (exact) mass is 856 g/mol. The van der Waals surface area contributed by atoms with Crippen LogP contribution in [0.15, 0.2) is 72.9 Å². The Morgan fingerprint density at radius 3 is 2.03 bits per heavy atom. The number of rotatable bonds is 9. The van der Waals surface area contributed by atoms with Gasteiger partial charge in [0.2, 0.25) is 5.91 Å². The van der Waals surface area contributed by atoms with E-state index in [1.807, 2.05) is 45.7 Å². The van der Waals surface area contributed by atoms with Gasteiger partial charge in [0.05, 0.1) is 54.2 Å². The first-order chi connectivity index (χ1) is 30.0. The summed E-state index contributed by atoms with van der Waals surface area (Å²) in [4.78, 5) is 62.2. The van der Waals surface area contributed by atoms with E-state index < -0.39 is 17.7 Å². The first-order valence-electron chi connectivity index (χ1n) is 22.7. The van der Waals surface area contributed by atoms with Gasteiger partial charge in [-0.05, 0) is 117 Å². The number of hydrogen-bond acceptors (Lipinski definition) is 8. The number of carbonyl (C=O) groups excluding carboxylic acids is 3. The minimum absolute atomic E-state index is 0.0346. The summed E-state index contributed by atoms with van der Waals surface area (Å²) in [5.41, 5.74) is 8.15. The highest BCUT2D eigenvalue weighted by atomic mass is 16.6. The molecule has 2 aromatic heterocycles. The Morgan fingerprint density at radius 2 is 1.40 bits per heavy atom. The van der Waals surface area contributed by atoms with Gasteiger partial charge in [0, 0.05) is 18.8 Å². The van der Waals surface area contributed by atoms with Crippen LogP contribution in [0.1, 0.15) is 146 Å². The third kappa shape index (κ3) is 9.15. The first kappa shape index (κ1) is 43.8. The number of carbonyl (C=O) groups is 3. The number of aromatic amines is 2. The van der Waals surface area contributed by atoms with Crippen LogP contribution in [-0.4, -0.2) is 79.7 Å². The molecule has 3 unspecified atom stereocenters. The molecule has 8 rings (SSSR count). The van der Waals surface area contributed by atoms with Crippen molar-refractivity contribution in [1.29, 1.82) is 0 Å². The zero-order valence-electron chi connectivity index (χ0n) is 38.3. The topological polar surface area (TPSA) is 149 Å². The lowest BCUT2D eigenvalue weighted by Crippen LogP contribution is -2.51. The van der Waals surface area contributed by atoms with E-state index in [1.165, 1.54) is 29.5 Å². The molecular weight excluding hydrogens is 793 g/mol. The molecule has 0 aliphatic carbocycles. The van der Waals surface area contributed by atoms with Crippen LogP contribution in [0.2, 0.25) is 0 Å². The molecule has 0 bridgehead atoms. The Labute approximate surface area is 371 Å². The van der Waals surface area contributed by atoms with Gasteiger partial charge in [-0.25, -0.2) is 19.6 Å². The standard InChI is InChI=1S/C50H64N8O5/c1-30(2)43(55-47(60)62-9)46(59)56-26-10-13-42(56)45-52-36-23-18-33(28-37(36)53-45)40-25-24-39(58(40)35-21-19-34(20-22-35)49(3,4)5)32-16-14-31(15-17-32)38-29-51-44(54-38)41-12-11-27-57(41)48(61)63-50(6,7)8/h14-23,28-30,39-43H,10-13,24-27H2,1-9H3,(H,51,54)(H,52,53)(H,55,60)/t39?,40?,41?,42-,43-/m0/s1. The smallest absolute Gasteiger partial charge is 0.410 e. The highest BCUT2D eigenvalue weighted by Crippen LogP contribution is 2.48. The molecule has 0 radical (unpaired) electrons. The van der Waals surface area contributed by atoms with Crippen molar-refractivity contribution in [3.63, 3.8) is 0 Å². The predicted molar refractivity (Wildman–Crippen MR) is 245 cm³/mol. The van der Waals surface area contributed by atoms with Crippen molar-refractivity contribution in [3.05, 3.63) is 101 Å². The highest BCUT2D eigenvalue weighted by molar-refractivity contribution is 5.86. The lowest BCUT2D eigenvalue weighted by Gasteiger charge is -2.34. The van der Waals surface area contributed by atoms with Crippen LogP contribution >= 0.6 is 0 Å². The molecule has 3 saturated heterocycles. The Bertz CT molecular complexity index is 2430. The number of amides is 3. The van der Waals surface area contributed by atoms with Crippen molar-refractivity contribution in [2.75, 3.05) is 25.1 Å². The summed E-state index contributed by atoms with van der Waals surface area (Å²) >= 11 is 0. The summed E-state index contributed by atoms with van der Waals surface area (Å²) in [5, 5.41) is 2.75. The Balaban J connectivity index is 1.05. The molecular formula is C50H64N8O5. The second-order valence-corrected chi connectivity index (χ2v) is 19.9. The largest absolute Gasteiger partial charge is 0.453 e. The van der Waals surface area contributed by atoms with E-state index in [4.69, 9.17) is 19.4 Å². The summed E-state index contributed by atoms with van der Waals surface area (Å²) in [6.45, 7) is 17.5. The maximum Gasteiger partial charge on any atom is 0.410 e. The number of ether oxygens (including phenoxy) is 2. The zero-order valence-corrected chi connectivity index (χ0v) is 38.3. The van der Waals surface area contributed by atoms with Gasteiger partial charge in [-0.3, -0.25) is 9.69 Å². The highest BCUT2D eigenvalue weighted by Gasteiger charge is 2.39. The molecule has 3 aliphatic rings. The van der Waals surface area contributed by atoms with Crippen molar-refractivity contribution in [2.24, 2.45) is 5.92 Å². The van der Waals surface area contributed by atoms with Crippen LogP contribution in [0.5, 0.6) is 0 Å². The molecule has 3 fully saturated rings. The van der Waals surface area contributed by atoms with E-state index in [2.05, 4.69) is 108 Å². The van der Waals surface area contributed by atoms with Gasteiger partial charge in [0.15, 0.2) is 0 Å². The number of aromatic nitrogens is 4. The molecule has 3 aromatic carbocycles. The lowest BCUT2D eigenvalue weighted by molar-refractivity contribution is -0.135. The number of H-pyrrole nitrogens is 2. The summed E-state index contributed by atoms with van der Waals surface area (Å²) < 4.78 is 10.5. The van der Waals surface area contributed by atoms with Crippen LogP contribution in [0, 0.1) is 5.92 Å². The number of methoxy groups -OCH3 is 1. The van der Waals surface area contributed by atoms with E-state index in [0.717, 1.165) is 72.5 Å². The van der Waals surface area contributed by atoms with Gasteiger partial charge < -0.3 is 34.6 Å². The summed E-state index contributed by atoms with van der Waals surface area (Å²) in [6, 6.07) is 23.6. The summed E-state index contributed by atoms with van der Waals surface area (Å²) in [6.07, 6.45) is 6.29. The van der Waals surface area contributed by atoms with E-state index in [1.54, 1.807) is 4.90 Å². The minimum atomic E-state index is -0.692. The van der Waals surface area contributed by atoms with Gasteiger partial charge in [-0.2, -0.15) is 0 Å². The lowest BCUT2D eigenvalue weighted by atomic mass is 9.87. The average Bonchev–Trinajstić information content (AvgIpc) is 4.10. The van der Waals surface area contributed by atoms with Gasteiger partial charge >= 0.3 is 12.2 Å². The van der Waals surface area contributed by atoms with Crippen LogP contribution in [0.25, 0.3) is 22.3 Å². The average molecular weight is 857 g/mol. The fourth-order valence-corrected chi connectivity index (χ4v) is 9.69. The Kier molecular flexibility index (Phi) is 12.1. The van der Waals surface area contributed by atoms with E-state index in [9.17, 15) is 14.4 Å². The van der Waals surface area contributed by atoms with Crippen LogP contribution in [0.4, 0.5) is 15.3 Å². The van der Waals surface area contributed by atoms with E-state index >= 15 is 0 Å². The number of fused-ring (bicyclic) bond motifs is 1. The third-order valence-electron chi connectivity index (χ3n) is 13.0. The van der Waals surface area contributed by atoms with Crippen molar-refractivity contribution < 1.29 is 23.9 Å². The molecule has 0 spiro atoms. The SMILES string of the molecule is COC(=O)N[C@H](C(=O)N1CCC[C@H]1c1nc2ccc(C3CCC(c4ccc(-c5cnc(C6CCCN6C(=O)OC(C)(C)C)[nH]5)cc4)N3c3ccc(C(C)(C)C)cc3)cc2[nH]1)C(C)C. The fourth-order valence-electron chi connectivity index (χ4n) is 9.69. The fraction of sp³-hybridized carbons (Fsp3) is 0.500. The molecule has 334 valence electrons.